The minimum atomic E-state index is 1.19. The monoisotopic (exact) mass is 469 g/mol. The van der Waals surface area contributed by atoms with E-state index < -0.39 is 0 Å². The maximum absolute atomic E-state index is 2.42. The van der Waals surface area contributed by atoms with E-state index in [9.17, 15) is 0 Å². The summed E-state index contributed by atoms with van der Waals surface area (Å²) in [5.74, 6) is 0. The van der Waals surface area contributed by atoms with E-state index in [2.05, 4.69) is 144 Å². The maximum Gasteiger partial charge on any atom is 0.0547 e. The Bertz CT molecular complexity index is 2120. The Morgan fingerprint density at radius 3 is 1.62 bits per heavy atom. The number of benzene rings is 7. The Kier molecular flexibility index (Phi) is 4.29. The molecule has 8 rings (SSSR count). The number of aromatic nitrogens is 1. The summed E-state index contributed by atoms with van der Waals surface area (Å²) in [6.45, 7) is 0. The predicted octanol–water partition coefficient (Wildman–Crippen LogP) is 9.91. The summed E-state index contributed by atoms with van der Waals surface area (Å²) in [5, 5.41) is 10.4. The standard InChI is InChI=1S/C36H23N/c1-3-11-24(12-4-1)25-19-20-29-31(21-25)27-15-7-8-16-28(27)33-23-36-34(22-32(29)33)30-17-9-10-18-35(30)37(36)26-13-5-2-6-14-26/h1-23H. The first-order valence-corrected chi connectivity index (χ1v) is 12.8. The molecule has 1 heterocycles. The summed E-state index contributed by atoms with van der Waals surface area (Å²) in [4.78, 5) is 0. The summed E-state index contributed by atoms with van der Waals surface area (Å²) < 4.78 is 2.40. The third kappa shape index (κ3) is 2.98. The van der Waals surface area contributed by atoms with Gasteiger partial charge >= 0.3 is 0 Å². The van der Waals surface area contributed by atoms with E-state index in [4.69, 9.17) is 0 Å². The molecule has 0 bridgehead atoms. The van der Waals surface area contributed by atoms with Gasteiger partial charge < -0.3 is 4.57 Å². The minimum absolute atomic E-state index is 1.19. The Balaban J connectivity index is 1.55. The molecule has 0 unspecified atom stereocenters. The van der Waals surface area contributed by atoms with Crippen molar-refractivity contribution >= 4 is 54.1 Å². The van der Waals surface area contributed by atoms with E-state index in [1.807, 2.05) is 0 Å². The molecule has 1 nitrogen and oxygen atoms in total. The number of rotatable bonds is 2. The zero-order valence-electron chi connectivity index (χ0n) is 20.2. The molecule has 0 aliphatic rings. The van der Waals surface area contributed by atoms with Gasteiger partial charge in [-0.2, -0.15) is 0 Å². The van der Waals surface area contributed by atoms with Crippen LogP contribution >= 0.6 is 0 Å². The number of hydrogen-bond acceptors (Lipinski definition) is 0. The highest BCUT2D eigenvalue weighted by molar-refractivity contribution is 6.29. The first-order chi connectivity index (χ1) is 18.4. The molecular weight excluding hydrogens is 446 g/mol. The molecule has 37 heavy (non-hydrogen) atoms. The van der Waals surface area contributed by atoms with Gasteiger partial charge in [0.15, 0.2) is 0 Å². The van der Waals surface area contributed by atoms with Gasteiger partial charge in [-0.15, -0.1) is 0 Å². The SMILES string of the molecule is c1ccc(-c2ccc3c(c2)c2ccccc2c2cc4c(cc32)c2ccccc2n4-c2ccccc2)cc1. The van der Waals surface area contributed by atoms with Gasteiger partial charge in [0.2, 0.25) is 0 Å². The Labute approximate surface area is 214 Å². The molecule has 7 aromatic carbocycles. The van der Waals surface area contributed by atoms with Crippen LogP contribution in [0.5, 0.6) is 0 Å². The summed E-state index contributed by atoms with van der Waals surface area (Å²) in [6, 6.07) is 50.7. The molecule has 0 aliphatic heterocycles. The molecule has 8 aromatic rings. The van der Waals surface area contributed by atoms with Gasteiger partial charge in [-0.1, -0.05) is 103 Å². The van der Waals surface area contributed by atoms with Gasteiger partial charge in [0, 0.05) is 16.5 Å². The van der Waals surface area contributed by atoms with Crippen LogP contribution in [0.4, 0.5) is 0 Å². The molecule has 0 spiro atoms. The van der Waals surface area contributed by atoms with Crippen LogP contribution < -0.4 is 0 Å². The molecule has 0 N–H and O–H groups in total. The fourth-order valence-corrected chi connectivity index (χ4v) is 6.08. The molecule has 172 valence electrons. The molecule has 0 saturated carbocycles. The largest absolute Gasteiger partial charge is 0.309 e. The van der Waals surface area contributed by atoms with E-state index in [-0.39, 0.29) is 0 Å². The maximum atomic E-state index is 2.42. The molecular formula is C36H23N. The average molecular weight is 470 g/mol. The molecule has 0 fully saturated rings. The number of fused-ring (bicyclic) bond motifs is 9. The topological polar surface area (TPSA) is 4.93 Å². The van der Waals surface area contributed by atoms with Crippen LogP contribution in [0, 0.1) is 0 Å². The highest BCUT2D eigenvalue weighted by atomic mass is 15.0. The van der Waals surface area contributed by atoms with Crippen molar-refractivity contribution in [1.82, 2.24) is 4.57 Å². The van der Waals surface area contributed by atoms with E-state index in [1.54, 1.807) is 0 Å². The van der Waals surface area contributed by atoms with Gasteiger partial charge in [-0.3, -0.25) is 0 Å². The molecule has 1 heteroatoms. The Hall–Kier alpha value is -4.88. The third-order valence-electron chi connectivity index (χ3n) is 7.75. The first-order valence-electron chi connectivity index (χ1n) is 12.8. The van der Waals surface area contributed by atoms with Crippen LogP contribution in [-0.2, 0) is 0 Å². The quantitative estimate of drug-likeness (QED) is 0.222. The van der Waals surface area contributed by atoms with Crippen molar-refractivity contribution in [3.05, 3.63) is 140 Å². The molecule has 1 aromatic heterocycles. The highest BCUT2D eigenvalue weighted by Crippen LogP contribution is 2.41. The number of nitrogens with zero attached hydrogens (tertiary/aromatic N) is 1. The van der Waals surface area contributed by atoms with Gasteiger partial charge in [-0.25, -0.2) is 0 Å². The fraction of sp³-hybridized carbons (Fsp3) is 0. The second-order valence-corrected chi connectivity index (χ2v) is 9.78. The summed E-state index contributed by atoms with van der Waals surface area (Å²) in [7, 11) is 0. The molecule has 0 saturated heterocycles. The molecule has 0 amide bonds. The lowest BCUT2D eigenvalue weighted by Gasteiger charge is -2.13. The smallest absolute Gasteiger partial charge is 0.0547 e. The zero-order chi connectivity index (χ0) is 24.3. The highest BCUT2D eigenvalue weighted by Gasteiger charge is 2.16. The molecule has 0 aliphatic carbocycles. The zero-order valence-corrected chi connectivity index (χ0v) is 20.2. The predicted molar refractivity (Wildman–Crippen MR) is 159 cm³/mol. The van der Waals surface area contributed by atoms with Crippen LogP contribution in [-0.4, -0.2) is 4.57 Å². The number of para-hydroxylation sites is 2. The normalized spacial score (nSPS) is 11.8. The van der Waals surface area contributed by atoms with Crippen molar-refractivity contribution in [1.29, 1.82) is 0 Å². The molecule has 0 atom stereocenters. The van der Waals surface area contributed by atoms with Gasteiger partial charge in [0.25, 0.3) is 0 Å². The number of hydrogen-bond donors (Lipinski definition) is 0. The van der Waals surface area contributed by atoms with Crippen molar-refractivity contribution in [2.24, 2.45) is 0 Å². The third-order valence-corrected chi connectivity index (χ3v) is 7.75. The Morgan fingerprint density at radius 2 is 0.865 bits per heavy atom. The fourth-order valence-electron chi connectivity index (χ4n) is 6.08. The van der Waals surface area contributed by atoms with E-state index >= 15 is 0 Å². The molecule has 0 radical (unpaired) electrons. The van der Waals surface area contributed by atoms with Crippen molar-refractivity contribution in [2.45, 2.75) is 0 Å². The van der Waals surface area contributed by atoms with Crippen LogP contribution in [0.25, 0.3) is 70.9 Å². The van der Waals surface area contributed by atoms with Gasteiger partial charge in [0.1, 0.15) is 0 Å². The van der Waals surface area contributed by atoms with Crippen molar-refractivity contribution in [3.8, 4) is 16.8 Å². The van der Waals surface area contributed by atoms with E-state index in [0.717, 1.165) is 0 Å². The Morgan fingerprint density at radius 1 is 0.297 bits per heavy atom. The van der Waals surface area contributed by atoms with Gasteiger partial charge in [0.05, 0.1) is 11.0 Å². The first kappa shape index (κ1) is 20.3. The minimum Gasteiger partial charge on any atom is -0.309 e. The lowest BCUT2D eigenvalue weighted by Crippen LogP contribution is -1.93. The van der Waals surface area contributed by atoms with Crippen LogP contribution in [0.3, 0.4) is 0 Å². The van der Waals surface area contributed by atoms with Gasteiger partial charge in [-0.05, 0) is 79.8 Å². The summed E-state index contributed by atoms with van der Waals surface area (Å²) in [6.07, 6.45) is 0. The second kappa shape index (κ2) is 7.81. The lowest BCUT2D eigenvalue weighted by molar-refractivity contribution is 1.18. The lowest BCUT2D eigenvalue weighted by atomic mass is 9.91. The average Bonchev–Trinajstić information content (AvgIpc) is 3.30. The van der Waals surface area contributed by atoms with Crippen molar-refractivity contribution in [3.63, 3.8) is 0 Å². The van der Waals surface area contributed by atoms with E-state index in [0.29, 0.717) is 0 Å². The van der Waals surface area contributed by atoms with Crippen LogP contribution in [0.2, 0.25) is 0 Å². The van der Waals surface area contributed by atoms with Crippen molar-refractivity contribution < 1.29 is 0 Å². The second-order valence-electron chi connectivity index (χ2n) is 9.78. The van der Waals surface area contributed by atoms with E-state index in [1.165, 1.54) is 70.9 Å². The van der Waals surface area contributed by atoms with Crippen LogP contribution in [0.1, 0.15) is 0 Å². The van der Waals surface area contributed by atoms with Crippen LogP contribution in [0.15, 0.2) is 140 Å². The van der Waals surface area contributed by atoms with Crippen molar-refractivity contribution in [2.75, 3.05) is 0 Å². The summed E-state index contributed by atoms with van der Waals surface area (Å²) in [5.41, 5.74) is 6.16. The summed E-state index contributed by atoms with van der Waals surface area (Å²) >= 11 is 0.